The normalized spacial score (nSPS) is 11.6. The Bertz CT molecular complexity index is 499. The summed E-state index contributed by atoms with van der Waals surface area (Å²) in [6, 6.07) is 4.90. The molecule has 0 aliphatic heterocycles. The number of primary amides is 1. The fourth-order valence-corrected chi connectivity index (χ4v) is 1.60. The van der Waals surface area contributed by atoms with E-state index in [9.17, 15) is 14.4 Å². The highest BCUT2D eigenvalue weighted by molar-refractivity contribution is 6.00. The average Bonchev–Trinajstić information content (AvgIpc) is 2.38. The molecule has 19 heavy (non-hydrogen) atoms. The maximum atomic E-state index is 11.9. The molecule has 0 bridgehead atoms. The molecule has 0 fully saturated rings. The van der Waals surface area contributed by atoms with Gasteiger partial charge in [0.05, 0.1) is 0 Å². The summed E-state index contributed by atoms with van der Waals surface area (Å²) in [5.41, 5.74) is 5.53. The first-order chi connectivity index (χ1) is 8.95. The summed E-state index contributed by atoms with van der Waals surface area (Å²) in [7, 11) is 0. The van der Waals surface area contributed by atoms with Crippen LogP contribution >= 0.6 is 0 Å². The van der Waals surface area contributed by atoms with Gasteiger partial charge in [-0.2, -0.15) is 0 Å². The Morgan fingerprint density at radius 1 is 1.32 bits per heavy atom. The Morgan fingerprint density at radius 2 is 1.95 bits per heavy atom. The van der Waals surface area contributed by atoms with E-state index < -0.39 is 23.8 Å². The highest BCUT2D eigenvalue weighted by atomic mass is 16.4. The van der Waals surface area contributed by atoms with Crippen LogP contribution < -0.4 is 11.1 Å². The molecule has 0 aromatic heterocycles. The number of amides is 2. The van der Waals surface area contributed by atoms with E-state index in [0.29, 0.717) is 12.8 Å². The lowest BCUT2D eigenvalue weighted by atomic mass is 10.1. The standard InChI is InChI=1S/C13H16N2O4/c1-2-4-10(13(18)19)15-12(17)9-6-3-5-8(7-9)11(14)16/h3,5-7,10H,2,4H2,1H3,(H2,14,16)(H,15,17)(H,18,19). The molecular weight excluding hydrogens is 248 g/mol. The first-order valence-corrected chi connectivity index (χ1v) is 5.89. The molecule has 0 heterocycles. The maximum Gasteiger partial charge on any atom is 0.326 e. The molecule has 0 aliphatic carbocycles. The lowest BCUT2D eigenvalue weighted by Crippen LogP contribution is -2.40. The SMILES string of the molecule is CCCC(NC(=O)c1cccc(C(N)=O)c1)C(=O)O. The largest absolute Gasteiger partial charge is 0.480 e. The van der Waals surface area contributed by atoms with E-state index in [1.807, 2.05) is 6.92 Å². The van der Waals surface area contributed by atoms with Gasteiger partial charge >= 0.3 is 5.97 Å². The van der Waals surface area contributed by atoms with Gasteiger partial charge in [0.25, 0.3) is 5.91 Å². The number of hydrogen-bond donors (Lipinski definition) is 3. The lowest BCUT2D eigenvalue weighted by Gasteiger charge is -2.13. The predicted octanol–water partition coefficient (Wildman–Crippen LogP) is 0.769. The molecule has 1 unspecified atom stereocenters. The van der Waals surface area contributed by atoms with Crippen LogP contribution in [0.15, 0.2) is 24.3 Å². The van der Waals surface area contributed by atoms with Crippen LogP contribution in [-0.2, 0) is 4.79 Å². The van der Waals surface area contributed by atoms with E-state index in [-0.39, 0.29) is 11.1 Å². The number of nitrogens with two attached hydrogens (primary N) is 1. The highest BCUT2D eigenvalue weighted by Crippen LogP contribution is 2.06. The summed E-state index contributed by atoms with van der Waals surface area (Å²) in [6.45, 7) is 1.83. The van der Waals surface area contributed by atoms with Crippen molar-refractivity contribution in [1.29, 1.82) is 0 Å². The van der Waals surface area contributed by atoms with Crippen LogP contribution in [-0.4, -0.2) is 28.9 Å². The van der Waals surface area contributed by atoms with Gasteiger partial charge < -0.3 is 16.2 Å². The van der Waals surface area contributed by atoms with Crippen LogP contribution in [0.3, 0.4) is 0 Å². The topological polar surface area (TPSA) is 109 Å². The zero-order valence-electron chi connectivity index (χ0n) is 10.6. The monoisotopic (exact) mass is 264 g/mol. The van der Waals surface area contributed by atoms with E-state index in [0.717, 1.165) is 0 Å². The molecule has 6 nitrogen and oxygen atoms in total. The predicted molar refractivity (Wildman–Crippen MR) is 68.8 cm³/mol. The second-order valence-electron chi connectivity index (χ2n) is 4.10. The number of nitrogens with one attached hydrogen (secondary N) is 1. The van der Waals surface area contributed by atoms with Crippen molar-refractivity contribution in [1.82, 2.24) is 5.32 Å². The minimum atomic E-state index is -1.08. The molecule has 0 aliphatic rings. The zero-order chi connectivity index (χ0) is 14.4. The average molecular weight is 264 g/mol. The van der Waals surface area contributed by atoms with E-state index in [2.05, 4.69) is 5.32 Å². The molecule has 1 aromatic carbocycles. The minimum Gasteiger partial charge on any atom is -0.480 e. The van der Waals surface area contributed by atoms with Crippen molar-refractivity contribution in [2.24, 2.45) is 5.73 Å². The van der Waals surface area contributed by atoms with Gasteiger partial charge in [-0.05, 0) is 24.6 Å². The van der Waals surface area contributed by atoms with Crippen molar-refractivity contribution < 1.29 is 19.5 Å². The Morgan fingerprint density at radius 3 is 2.47 bits per heavy atom. The van der Waals surface area contributed by atoms with Gasteiger partial charge in [0.1, 0.15) is 6.04 Å². The molecule has 4 N–H and O–H groups in total. The summed E-state index contributed by atoms with van der Waals surface area (Å²) in [6.07, 6.45) is 0.981. The van der Waals surface area contributed by atoms with Crippen LogP contribution in [0.2, 0.25) is 0 Å². The van der Waals surface area contributed by atoms with E-state index in [1.165, 1.54) is 24.3 Å². The first-order valence-electron chi connectivity index (χ1n) is 5.89. The van der Waals surface area contributed by atoms with Gasteiger partial charge in [0, 0.05) is 11.1 Å². The molecule has 0 radical (unpaired) electrons. The van der Waals surface area contributed by atoms with Crippen LogP contribution in [0.25, 0.3) is 0 Å². The van der Waals surface area contributed by atoms with Gasteiger partial charge in [-0.3, -0.25) is 9.59 Å². The number of carboxylic acids is 1. The molecule has 0 spiro atoms. The summed E-state index contributed by atoms with van der Waals surface area (Å²) >= 11 is 0. The van der Waals surface area contributed by atoms with Gasteiger partial charge in [0.2, 0.25) is 5.91 Å². The number of aliphatic carboxylic acids is 1. The number of rotatable bonds is 6. The van der Waals surface area contributed by atoms with Crippen LogP contribution in [0.5, 0.6) is 0 Å². The van der Waals surface area contributed by atoms with Gasteiger partial charge in [0.15, 0.2) is 0 Å². The number of carboxylic acid groups (broad SMARTS) is 1. The number of carbonyl (C=O) groups is 3. The fourth-order valence-electron chi connectivity index (χ4n) is 1.60. The third-order valence-corrected chi connectivity index (χ3v) is 2.59. The third kappa shape index (κ3) is 4.09. The molecular formula is C13H16N2O4. The zero-order valence-corrected chi connectivity index (χ0v) is 10.6. The fraction of sp³-hybridized carbons (Fsp3) is 0.308. The van der Waals surface area contributed by atoms with E-state index in [1.54, 1.807) is 0 Å². The summed E-state index contributed by atoms with van der Waals surface area (Å²) < 4.78 is 0. The van der Waals surface area contributed by atoms with Gasteiger partial charge in [-0.25, -0.2) is 4.79 Å². The molecule has 0 saturated heterocycles. The molecule has 2 amide bonds. The van der Waals surface area contributed by atoms with Crippen molar-refractivity contribution in [2.75, 3.05) is 0 Å². The number of hydrogen-bond acceptors (Lipinski definition) is 3. The first kappa shape index (κ1) is 14.7. The summed E-state index contributed by atoms with van der Waals surface area (Å²) in [4.78, 5) is 33.8. The Kier molecular flexibility index (Phi) is 5.05. The molecule has 102 valence electrons. The quantitative estimate of drug-likeness (QED) is 0.704. The molecule has 1 aromatic rings. The van der Waals surface area contributed by atoms with E-state index in [4.69, 9.17) is 10.8 Å². The number of benzene rings is 1. The summed E-state index contributed by atoms with van der Waals surface area (Å²) in [5, 5.41) is 11.4. The highest BCUT2D eigenvalue weighted by Gasteiger charge is 2.19. The Hall–Kier alpha value is -2.37. The van der Waals surface area contributed by atoms with Crippen molar-refractivity contribution in [3.63, 3.8) is 0 Å². The van der Waals surface area contributed by atoms with Crippen molar-refractivity contribution in [3.8, 4) is 0 Å². The smallest absolute Gasteiger partial charge is 0.326 e. The third-order valence-electron chi connectivity index (χ3n) is 2.59. The Labute approximate surface area is 110 Å². The van der Waals surface area contributed by atoms with Crippen LogP contribution in [0.1, 0.15) is 40.5 Å². The van der Waals surface area contributed by atoms with Crippen LogP contribution in [0, 0.1) is 0 Å². The second-order valence-corrected chi connectivity index (χ2v) is 4.10. The van der Waals surface area contributed by atoms with Crippen LogP contribution in [0.4, 0.5) is 0 Å². The molecule has 6 heteroatoms. The van der Waals surface area contributed by atoms with Gasteiger partial charge in [-0.15, -0.1) is 0 Å². The molecule has 0 saturated carbocycles. The van der Waals surface area contributed by atoms with Crippen molar-refractivity contribution in [2.45, 2.75) is 25.8 Å². The number of carbonyl (C=O) groups excluding carboxylic acids is 2. The lowest BCUT2D eigenvalue weighted by molar-refractivity contribution is -0.139. The van der Waals surface area contributed by atoms with Crippen molar-refractivity contribution >= 4 is 17.8 Å². The molecule has 1 rings (SSSR count). The van der Waals surface area contributed by atoms with E-state index >= 15 is 0 Å². The molecule has 1 atom stereocenters. The summed E-state index contributed by atoms with van der Waals surface area (Å²) in [5.74, 6) is -2.26. The maximum absolute atomic E-state index is 11.9. The van der Waals surface area contributed by atoms with Crippen molar-refractivity contribution in [3.05, 3.63) is 35.4 Å². The Balaban J connectivity index is 2.85. The second kappa shape index (κ2) is 6.53. The minimum absolute atomic E-state index is 0.204. The van der Waals surface area contributed by atoms with Gasteiger partial charge in [-0.1, -0.05) is 19.4 Å².